The largest absolute Gasteiger partial charge is 0.338 e. The molecule has 6 heteroatoms. The molecule has 1 aromatic rings. The zero-order valence-electron chi connectivity index (χ0n) is 14.2. The van der Waals surface area contributed by atoms with Gasteiger partial charge in [-0.2, -0.15) is 0 Å². The molecule has 0 bridgehead atoms. The number of hydrogen-bond donors (Lipinski definition) is 2. The third-order valence-electron chi connectivity index (χ3n) is 4.92. The molecule has 2 amide bonds. The number of hydrogen-bond acceptors (Lipinski definition) is 3. The number of halogens is 1. The van der Waals surface area contributed by atoms with Crippen molar-refractivity contribution in [2.24, 2.45) is 17.1 Å². The van der Waals surface area contributed by atoms with Crippen molar-refractivity contribution in [1.82, 2.24) is 4.90 Å². The average Bonchev–Trinajstić information content (AvgIpc) is 3.34. The fraction of sp³-hybridized carbons (Fsp3) is 0.556. The summed E-state index contributed by atoms with van der Waals surface area (Å²) in [4.78, 5) is 26.5. The number of anilines is 1. The van der Waals surface area contributed by atoms with Crippen LogP contribution in [0.25, 0.3) is 0 Å². The van der Waals surface area contributed by atoms with E-state index in [0.717, 1.165) is 19.3 Å². The van der Waals surface area contributed by atoms with Gasteiger partial charge >= 0.3 is 0 Å². The van der Waals surface area contributed by atoms with Gasteiger partial charge in [0.2, 0.25) is 5.91 Å². The zero-order chi connectivity index (χ0) is 16.6. The molecule has 24 heavy (non-hydrogen) atoms. The number of nitrogens with zero attached hydrogens (tertiary/aromatic N) is 1. The first kappa shape index (κ1) is 18.7. The van der Waals surface area contributed by atoms with Crippen LogP contribution in [0.3, 0.4) is 0 Å². The first-order chi connectivity index (χ1) is 10.9. The van der Waals surface area contributed by atoms with Gasteiger partial charge in [-0.05, 0) is 42.9 Å². The van der Waals surface area contributed by atoms with Crippen LogP contribution in [0.2, 0.25) is 0 Å². The van der Waals surface area contributed by atoms with E-state index >= 15 is 0 Å². The first-order valence-electron chi connectivity index (χ1n) is 8.32. The number of likely N-dealkylation sites (tertiary alicyclic amines) is 1. The average molecular weight is 352 g/mol. The lowest BCUT2D eigenvalue weighted by Crippen LogP contribution is -2.54. The Balaban J connectivity index is 0.00000208. The molecule has 1 saturated carbocycles. The van der Waals surface area contributed by atoms with Crippen LogP contribution in [0.4, 0.5) is 5.69 Å². The van der Waals surface area contributed by atoms with Gasteiger partial charge in [-0.1, -0.05) is 19.9 Å². The van der Waals surface area contributed by atoms with Gasteiger partial charge in [0.25, 0.3) is 5.91 Å². The van der Waals surface area contributed by atoms with Crippen LogP contribution in [0.5, 0.6) is 0 Å². The highest BCUT2D eigenvalue weighted by molar-refractivity contribution is 5.98. The highest BCUT2D eigenvalue weighted by Gasteiger charge is 2.35. The summed E-state index contributed by atoms with van der Waals surface area (Å²) >= 11 is 0. The predicted molar refractivity (Wildman–Crippen MR) is 97.3 cm³/mol. The highest BCUT2D eigenvalue weighted by atomic mass is 35.5. The molecule has 0 radical (unpaired) electrons. The van der Waals surface area contributed by atoms with Gasteiger partial charge in [-0.25, -0.2) is 0 Å². The van der Waals surface area contributed by atoms with Crippen molar-refractivity contribution in [1.29, 1.82) is 0 Å². The van der Waals surface area contributed by atoms with Gasteiger partial charge in [0, 0.05) is 36.3 Å². The Morgan fingerprint density at radius 2 is 1.96 bits per heavy atom. The summed E-state index contributed by atoms with van der Waals surface area (Å²) in [6, 6.07) is 7.33. The third-order valence-corrected chi connectivity index (χ3v) is 4.92. The fourth-order valence-corrected chi connectivity index (χ4v) is 3.05. The van der Waals surface area contributed by atoms with E-state index in [1.54, 1.807) is 12.1 Å². The van der Waals surface area contributed by atoms with Gasteiger partial charge in [-0.15, -0.1) is 12.4 Å². The molecule has 1 aliphatic heterocycles. The van der Waals surface area contributed by atoms with Gasteiger partial charge in [-0.3, -0.25) is 9.59 Å². The molecule has 1 aromatic carbocycles. The Morgan fingerprint density at radius 1 is 1.25 bits per heavy atom. The molecular formula is C18H26ClN3O2. The summed E-state index contributed by atoms with van der Waals surface area (Å²) < 4.78 is 0. The predicted octanol–water partition coefficient (Wildman–Crippen LogP) is 2.66. The van der Waals surface area contributed by atoms with Crippen molar-refractivity contribution in [2.75, 3.05) is 18.4 Å². The summed E-state index contributed by atoms with van der Waals surface area (Å²) in [5.41, 5.74) is 7.37. The molecule has 0 aromatic heterocycles. The topological polar surface area (TPSA) is 75.4 Å². The molecule has 1 atom stereocenters. The lowest BCUT2D eigenvalue weighted by molar-refractivity contribution is -0.117. The van der Waals surface area contributed by atoms with E-state index < -0.39 is 0 Å². The Kier molecular flexibility index (Phi) is 5.56. The molecule has 1 saturated heterocycles. The minimum atomic E-state index is -0.0777. The second-order valence-corrected chi connectivity index (χ2v) is 7.45. The summed E-state index contributed by atoms with van der Waals surface area (Å²) in [5, 5.41) is 2.90. The van der Waals surface area contributed by atoms with Crippen LogP contribution in [-0.2, 0) is 4.79 Å². The van der Waals surface area contributed by atoms with Crippen LogP contribution in [0.1, 0.15) is 43.5 Å². The molecule has 132 valence electrons. The molecule has 5 nitrogen and oxygen atoms in total. The fourth-order valence-electron chi connectivity index (χ4n) is 3.05. The summed E-state index contributed by atoms with van der Waals surface area (Å²) in [5.74, 6) is 0.214. The van der Waals surface area contributed by atoms with Gasteiger partial charge < -0.3 is 16.0 Å². The SMILES string of the molecule is CC1(C)CN(C(=O)c2cccc(NC(=O)C3CC3)c2)CCC1N.Cl. The molecule has 3 rings (SSSR count). The number of nitrogens with one attached hydrogen (secondary N) is 1. The van der Waals surface area contributed by atoms with E-state index in [-0.39, 0.29) is 41.6 Å². The third kappa shape index (κ3) is 4.08. The number of nitrogens with two attached hydrogens (primary N) is 1. The minimum Gasteiger partial charge on any atom is -0.338 e. The number of benzene rings is 1. The van der Waals surface area contributed by atoms with Crippen molar-refractivity contribution >= 4 is 29.9 Å². The van der Waals surface area contributed by atoms with Crippen molar-refractivity contribution in [3.8, 4) is 0 Å². The molecule has 1 unspecified atom stereocenters. The summed E-state index contributed by atoms with van der Waals surface area (Å²) in [6.45, 7) is 5.54. The zero-order valence-corrected chi connectivity index (χ0v) is 15.1. The van der Waals surface area contributed by atoms with E-state index in [4.69, 9.17) is 5.73 Å². The van der Waals surface area contributed by atoms with Crippen molar-refractivity contribution in [2.45, 2.75) is 39.2 Å². The van der Waals surface area contributed by atoms with Crippen LogP contribution < -0.4 is 11.1 Å². The Hall–Kier alpha value is -1.59. The van der Waals surface area contributed by atoms with E-state index in [1.165, 1.54) is 0 Å². The molecule has 1 heterocycles. The van der Waals surface area contributed by atoms with Crippen molar-refractivity contribution in [3.05, 3.63) is 29.8 Å². The maximum absolute atomic E-state index is 12.8. The second-order valence-electron chi connectivity index (χ2n) is 7.45. The molecule has 3 N–H and O–H groups in total. The van der Waals surface area contributed by atoms with Gasteiger partial charge in [0.05, 0.1) is 0 Å². The number of carbonyl (C=O) groups is 2. The van der Waals surface area contributed by atoms with Crippen LogP contribution in [0, 0.1) is 11.3 Å². The van der Waals surface area contributed by atoms with E-state index in [9.17, 15) is 9.59 Å². The molecule has 0 spiro atoms. The Morgan fingerprint density at radius 3 is 2.58 bits per heavy atom. The number of carbonyl (C=O) groups excluding carboxylic acids is 2. The molecular weight excluding hydrogens is 326 g/mol. The Bertz CT molecular complexity index is 628. The molecule has 2 fully saturated rings. The van der Waals surface area contributed by atoms with Crippen LogP contribution in [0.15, 0.2) is 24.3 Å². The van der Waals surface area contributed by atoms with Crippen LogP contribution >= 0.6 is 12.4 Å². The molecule has 2 aliphatic rings. The van der Waals surface area contributed by atoms with Gasteiger partial charge in [0.1, 0.15) is 0 Å². The lowest BCUT2D eigenvalue weighted by Gasteiger charge is -2.42. The molecule has 1 aliphatic carbocycles. The number of rotatable bonds is 3. The summed E-state index contributed by atoms with van der Waals surface area (Å²) in [6.07, 6.45) is 2.75. The van der Waals surface area contributed by atoms with Crippen molar-refractivity contribution < 1.29 is 9.59 Å². The van der Waals surface area contributed by atoms with Crippen molar-refractivity contribution in [3.63, 3.8) is 0 Å². The maximum atomic E-state index is 12.8. The quantitative estimate of drug-likeness (QED) is 0.879. The normalized spacial score (nSPS) is 22.5. The first-order valence-corrected chi connectivity index (χ1v) is 8.32. The smallest absolute Gasteiger partial charge is 0.253 e. The Labute approximate surface area is 149 Å². The second kappa shape index (κ2) is 7.11. The summed E-state index contributed by atoms with van der Waals surface area (Å²) in [7, 11) is 0. The van der Waals surface area contributed by atoms with E-state index in [2.05, 4.69) is 19.2 Å². The van der Waals surface area contributed by atoms with E-state index in [1.807, 2.05) is 17.0 Å². The maximum Gasteiger partial charge on any atom is 0.253 e. The van der Waals surface area contributed by atoms with Crippen LogP contribution in [-0.4, -0.2) is 35.8 Å². The number of amides is 2. The van der Waals surface area contributed by atoms with E-state index in [0.29, 0.717) is 24.3 Å². The minimum absolute atomic E-state index is 0. The standard InChI is InChI=1S/C18H25N3O2.ClH/c1-18(2)11-21(9-8-15(18)19)17(23)13-4-3-5-14(10-13)20-16(22)12-6-7-12;/h3-5,10,12,15H,6-9,11,19H2,1-2H3,(H,20,22);1H. The lowest BCUT2D eigenvalue weighted by atomic mass is 9.79. The monoisotopic (exact) mass is 351 g/mol. The number of piperidine rings is 1. The van der Waals surface area contributed by atoms with Gasteiger partial charge in [0.15, 0.2) is 0 Å². The highest BCUT2D eigenvalue weighted by Crippen LogP contribution is 2.31.